The lowest BCUT2D eigenvalue weighted by atomic mass is 9.90. The van der Waals surface area contributed by atoms with Gasteiger partial charge in [0.05, 0.1) is 17.1 Å². The number of nitrogens with zero attached hydrogens (tertiary/aromatic N) is 2. The highest BCUT2D eigenvalue weighted by atomic mass is 32.2. The average Bonchev–Trinajstić information content (AvgIpc) is 3.27. The van der Waals surface area contributed by atoms with Crippen LogP contribution in [0, 0.1) is 5.92 Å². The van der Waals surface area contributed by atoms with E-state index in [4.69, 9.17) is 0 Å². The van der Waals surface area contributed by atoms with Crippen LogP contribution < -0.4 is 4.72 Å². The quantitative estimate of drug-likeness (QED) is 0.836. The van der Waals surface area contributed by atoms with Gasteiger partial charge in [-0.3, -0.25) is 9.89 Å². The Balaban J connectivity index is 1.51. The third-order valence-electron chi connectivity index (χ3n) is 5.31. The molecule has 0 spiro atoms. The number of sulfonamides is 1. The molecule has 2 fully saturated rings. The first-order valence-corrected chi connectivity index (χ1v) is 10.4. The number of nitrogens with one attached hydrogen (secondary N) is 2. The monoisotopic (exact) mass is 374 g/mol. The second kappa shape index (κ2) is 6.85. The Morgan fingerprint density at radius 1 is 1.31 bits per heavy atom. The molecular formula is C18H22N4O3S. The summed E-state index contributed by atoms with van der Waals surface area (Å²) in [6, 6.07) is 8.31. The highest BCUT2D eigenvalue weighted by Gasteiger charge is 2.38. The van der Waals surface area contributed by atoms with Gasteiger partial charge in [-0.15, -0.1) is 0 Å². The molecule has 1 saturated carbocycles. The first-order valence-electron chi connectivity index (χ1n) is 8.92. The van der Waals surface area contributed by atoms with Crippen LogP contribution in [0.15, 0.2) is 41.4 Å². The second-order valence-corrected chi connectivity index (χ2v) is 8.85. The van der Waals surface area contributed by atoms with Gasteiger partial charge in [-0.05, 0) is 49.4 Å². The molecule has 8 heteroatoms. The number of hydrogen-bond donors (Lipinski definition) is 2. The first kappa shape index (κ1) is 17.2. The van der Waals surface area contributed by atoms with Crippen LogP contribution >= 0.6 is 0 Å². The molecule has 2 bridgehead atoms. The van der Waals surface area contributed by atoms with Gasteiger partial charge in [-0.25, -0.2) is 13.1 Å². The molecule has 1 aromatic heterocycles. The average molecular weight is 374 g/mol. The molecule has 4 rings (SSSR count). The van der Waals surface area contributed by atoms with Crippen LogP contribution in [0.1, 0.15) is 41.7 Å². The Kier molecular flexibility index (Phi) is 4.54. The van der Waals surface area contributed by atoms with Crippen molar-refractivity contribution in [1.82, 2.24) is 19.8 Å². The van der Waals surface area contributed by atoms with Gasteiger partial charge in [-0.2, -0.15) is 5.10 Å². The summed E-state index contributed by atoms with van der Waals surface area (Å²) in [5, 5.41) is 6.50. The summed E-state index contributed by atoms with van der Waals surface area (Å²) in [5.74, 6) is 0.533. The summed E-state index contributed by atoms with van der Waals surface area (Å²) in [5.41, 5.74) is 1.10. The van der Waals surface area contributed by atoms with Crippen LogP contribution in [0.5, 0.6) is 0 Å². The smallest absolute Gasteiger partial charge is 0.254 e. The van der Waals surface area contributed by atoms with Crippen LogP contribution in [-0.2, 0) is 16.6 Å². The third kappa shape index (κ3) is 3.39. The van der Waals surface area contributed by atoms with Gasteiger partial charge in [0.15, 0.2) is 0 Å². The van der Waals surface area contributed by atoms with E-state index in [2.05, 4.69) is 14.9 Å². The predicted molar refractivity (Wildman–Crippen MR) is 95.8 cm³/mol. The van der Waals surface area contributed by atoms with Crippen LogP contribution in [0.25, 0.3) is 0 Å². The summed E-state index contributed by atoms with van der Waals surface area (Å²) >= 11 is 0. The molecule has 1 amide bonds. The number of aromatic nitrogens is 2. The Hall–Kier alpha value is -2.19. The lowest BCUT2D eigenvalue weighted by Gasteiger charge is -2.24. The van der Waals surface area contributed by atoms with Crippen molar-refractivity contribution in [3.8, 4) is 0 Å². The number of likely N-dealkylation sites (tertiary alicyclic amines) is 1. The number of carbonyl (C=O) groups is 1. The molecule has 0 radical (unpaired) electrons. The van der Waals surface area contributed by atoms with E-state index < -0.39 is 10.0 Å². The van der Waals surface area contributed by atoms with Crippen molar-refractivity contribution in [2.45, 2.75) is 43.2 Å². The molecule has 138 valence electrons. The standard InChI is InChI=1S/C18H22N4O3S/c23-18(22-12-13-3-1-5-16(22)9-13)14-4-2-6-17(10-14)26(24,25)20-11-15-7-8-19-21-15/h2,4,6-8,10,13,16,20H,1,3,5,9,11-12H2,(H,19,21)/t13-,16+/m0/s1. The highest BCUT2D eigenvalue weighted by molar-refractivity contribution is 7.89. The number of H-pyrrole nitrogens is 1. The van der Waals surface area contributed by atoms with Gasteiger partial charge in [-0.1, -0.05) is 12.5 Å². The fraction of sp³-hybridized carbons (Fsp3) is 0.444. The van der Waals surface area contributed by atoms with Crippen LogP contribution in [0.2, 0.25) is 0 Å². The maximum Gasteiger partial charge on any atom is 0.254 e. The first-order chi connectivity index (χ1) is 12.5. The molecule has 1 aliphatic carbocycles. The zero-order chi connectivity index (χ0) is 18.1. The predicted octanol–water partition coefficient (Wildman–Crippen LogP) is 1.90. The molecule has 26 heavy (non-hydrogen) atoms. The summed E-state index contributed by atoms with van der Waals surface area (Å²) < 4.78 is 27.6. The van der Waals surface area contributed by atoms with Gasteiger partial charge in [0.2, 0.25) is 10.0 Å². The number of fused-ring (bicyclic) bond motifs is 2. The molecule has 2 aliphatic rings. The van der Waals surface area contributed by atoms with Crippen LogP contribution in [0.4, 0.5) is 0 Å². The fourth-order valence-corrected chi connectivity index (χ4v) is 5.04. The summed E-state index contributed by atoms with van der Waals surface area (Å²) in [7, 11) is -3.70. The second-order valence-electron chi connectivity index (χ2n) is 7.08. The van der Waals surface area contributed by atoms with Crippen molar-refractivity contribution < 1.29 is 13.2 Å². The van der Waals surface area contributed by atoms with Crippen molar-refractivity contribution >= 4 is 15.9 Å². The number of benzene rings is 1. The van der Waals surface area contributed by atoms with E-state index in [9.17, 15) is 13.2 Å². The number of amides is 1. The fourth-order valence-electron chi connectivity index (χ4n) is 3.99. The Labute approximate surface area is 152 Å². The van der Waals surface area contributed by atoms with Gasteiger partial charge >= 0.3 is 0 Å². The van der Waals surface area contributed by atoms with E-state index in [1.807, 2.05) is 4.90 Å². The minimum atomic E-state index is -3.70. The summed E-state index contributed by atoms with van der Waals surface area (Å²) in [6.07, 6.45) is 6.05. The number of aromatic amines is 1. The number of carbonyl (C=O) groups excluding carboxylic acids is 1. The Bertz CT molecular complexity index is 895. The molecule has 0 unspecified atom stereocenters. The van der Waals surface area contributed by atoms with Gasteiger partial charge in [0.1, 0.15) is 0 Å². The molecule has 1 aliphatic heterocycles. The molecule has 2 atom stereocenters. The van der Waals surface area contributed by atoms with Crippen molar-refractivity contribution in [3.63, 3.8) is 0 Å². The SMILES string of the molecule is O=C(c1cccc(S(=O)(=O)NCc2ccn[nH]2)c1)N1C[C@H]2CCC[C@@H]1C2. The van der Waals surface area contributed by atoms with E-state index in [-0.39, 0.29) is 17.3 Å². The lowest BCUT2D eigenvalue weighted by molar-refractivity contribution is 0.0733. The molecule has 2 heterocycles. The normalized spacial score (nSPS) is 22.5. The minimum Gasteiger partial charge on any atom is -0.335 e. The van der Waals surface area contributed by atoms with E-state index >= 15 is 0 Å². The van der Waals surface area contributed by atoms with Crippen LogP contribution in [0.3, 0.4) is 0 Å². The number of hydrogen-bond acceptors (Lipinski definition) is 4. The zero-order valence-electron chi connectivity index (χ0n) is 14.4. The largest absolute Gasteiger partial charge is 0.335 e. The van der Waals surface area contributed by atoms with Gasteiger partial charge < -0.3 is 4.90 Å². The molecule has 7 nitrogen and oxygen atoms in total. The molecule has 1 aromatic carbocycles. The van der Waals surface area contributed by atoms with Gasteiger partial charge in [0, 0.05) is 24.3 Å². The highest BCUT2D eigenvalue weighted by Crippen LogP contribution is 2.36. The Morgan fingerprint density at radius 3 is 2.96 bits per heavy atom. The van der Waals surface area contributed by atoms with Crippen molar-refractivity contribution in [2.75, 3.05) is 6.54 Å². The van der Waals surface area contributed by atoms with E-state index in [0.717, 1.165) is 19.4 Å². The maximum absolute atomic E-state index is 12.9. The van der Waals surface area contributed by atoms with E-state index in [0.29, 0.717) is 23.2 Å². The summed E-state index contributed by atoms with van der Waals surface area (Å²) in [4.78, 5) is 14.9. The summed E-state index contributed by atoms with van der Waals surface area (Å²) in [6.45, 7) is 0.912. The topological polar surface area (TPSA) is 95.2 Å². The Morgan fingerprint density at radius 2 is 2.19 bits per heavy atom. The van der Waals surface area contributed by atoms with Crippen molar-refractivity contribution in [3.05, 3.63) is 47.8 Å². The van der Waals surface area contributed by atoms with E-state index in [1.54, 1.807) is 24.4 Å². The molecular weight excluding hydrogens is 352 g/mol. The van der Waals surface area contributed by atoms with Gasteiger partial charge in [0.25, 0.3) is 5.91 Å². The maximum atomic E-state index is 12.9. The van der Waals surface area contributed by atoms with Crippen molar-refractivity contribution in [1.29, 1.82) is 0 Å². The molecule has 2 aromatic rings. The minimum absolute atomic E-state index is 0.0648. The zero-order valence-corrected chi connectivity index (χ0v) is 15.2. The third-order valence-corrected chi connectivity index (χ3v) is 6.71. The number of rotatable bonds is 5. The van der Waals surface area contributed by atoms with Crippen molar-refractivity contribution in [2.24, 2.45) is 5.92 Å². The van der Waals surface area contributed by atoms with Crippen LogP contribution in [-0.4, -0.2) is 42.0 Å². The van der Waals surface area contributed by atoms with E-state index in [1.165, 1.54) is 25.0 Å². The molecule has 2 N–H and O–H groups in total. The lowest BCUT2D eigenvalue weighted by Crippen LogP contribution is -2.35. The molecule has 1 saturated heterocycles.